The number of carbonyl (C=O) groups is 1. The van der Waals surface area contributed by atoms with Crippen LogP contribution in [0, 0.1) is 0 Å². The molecule has 0 bridgehead atoms. The van der Waals surface area contributed by atoms with Gasteiger partial charge in [0.15, 0.2) is 0 Å². The third-order valence-corrected chi connectivity index (χ3v) is 3.46. The van der Waals surface area contributed by atoms with Gasteiger partial charge in [-0.05, 0) is 25.5 Å². The molecule has 1 aromatic heterocycles. The van der Waals surface area contributed by atoms with Gasteiger partial charge in [0.1, 0.15) is 6.04 Å². The maximum absolute atomic E-state index is 12.0. The van der Waals surface area contributed by atoms with Crippen molar-refractivity contribution in [2.24, 2.45) is 0 Å². The van der Waals surface area contributed by atoms with Gasteiger partial charge in [-0.1, -0.05) is 25.1 Å². The lowest BCUT2D eigenvalue weighted by molar-refractivity contribution is -0.143. The van der Waals surface area contributed by atoms with Gasteiger partial charge >= 0.3 is 5.97 Å². The van der Waals surface area contributed by atoms with Crippen molar-refractivity contribution in [1.82, 2.24) is 15.1 Å². The lowest BCUT2D eigenvalue weighted by Crippen LogP contribution is -2.35. The average molecular weight is 287 g/mol. The van der Waals surface area contributed by atoms with Crippen molar-refractivity contribution in [3.8, 4) is 5.69 Å². The second kappa shape index (κ2) is 7.04. The number of aromatic nitrogens is 2. The van der Waals surface area contributed by atoms with Gasteiger partial charge in [-0.25, -0.2) is 9.48 Å². The lowest BCUT2D eigenvalue weighted by Gasteiger charge is -2.19. The second-order valence-corrected chi connectivity index (χ2v) is 4.99. The maximum Gasteiger partial charge on any atom is 0.327 e. The quantitative estimate of drug-likeness (QED) is 0.829. The van der Waals surface area contributed by atoms with E-state index in [0.717, 1.165) is 17.7 Å². The standard InChI is InChI=1S/C16H21N3O2/c1-4-12(2)18-15(16(20)21-3)13-10-17-19(11-13)14-8-6-5-7-9-14/h5-12,15,18H,4H2,1-3H3. The van der Waals surface area contributed by atoms with Gasteiger partial charge in [0.05, 0.1) is 19.0 Å². The summed E-state index contributed by atoms with van der Waals surface area (Å²) in [6.45, 7) is 4.11. The number of benzene rings is 1. The molecule has 0 spiro atoms. The molecular formula is C16H21N3O2. The molecule has 0 aliphatic carbocycles. The summed E-state index contributed by atoms with van der Waals surface area (Å²) in [4.78, 5) is 12.0. The fraction of sp³-hybridized carbons (Fsp3) is 0.375. The average Bonchev–Trinajstić information content (AvgIpc) is 3.02. The van der Waals surface area contributed by atoms with Crippen LogP contribution in [0.2, 0.25) is 0 Å². The van der Waals surface area contributed by atoms with Gasteiger partial charge < -0.3 is 4.74 Å². The normalized spacial score (nSPS) is 13.7. The molecule has 0 aliphatic rings. The molecule has 0 amide bonds. The molecule has 1 heterocycles. The Kier molecular flexibility index (Phi) is 5.11. The van der Waals surface area contributed by atoms with E-state index in [0.29, 0.717) is 0 Å². The maximum atomic E-state index is 12.0. The van der Waals surface area contributed by atoms with E-state index in [1.54, 1.807) is 10.9 Å². The van der Waals surface area contributed by atoms with Crippen LogP contribution in [0.5, 0.6) is 0 Å². The van der Waals surface area contributed by atoms with E-state index >= 15 is 0 Å². The predicted octanol–water partition coefficient (Wildman–Crippen LogP) is 2.47. The molecule has 2 atom stereocenters. The minimum Gasteiger partial charge on any atom is -0.468 e. The van der Waals surface area contributed by atoms with Crippen LogP contribution in [-0.2, 0) is 9.53 Å². The summed E-state index contributed by atoms with van der Waals surface area (Å²) in [5.41, 5.74) is 1.75. The molecule has 0 saturated carbocycles. The summed E-state index contributed by atoms with van der Waals surface area (Å²) in [5.74, 6) is -0.303. The zero-order valence-corrected chi connectivity index (χ0v) is 12.6. The van der Waals surface area contributed by atoms with Crippen LogP contribution in [-0.4, -0.2) is 28.9 Å². The first-order valence-electron chi connectivity index (χ1n) is 7.09. The first kappa shape index (κ1) is 15.3. The molecule has 5 heteroatoms. The summed E-state index contributed by atoms with van der Waals surface area (Å²) in [6, 6.07) is 9.50. The van der Waals surface area contributed by atoms with Gasteiger partial charge in [0.25, 0.3) is 0 Å². The summed E-state index contributed by atoms with van der Waals surface area (Å²) in [5, 5.41) is 7.60. The Bertz CT molecular complexity index is 580. The molecule has 2 aromatic rings. The zero-order valence-electron chi connectivity index (χ0n) is 12.6. The lowest BCUT2D eigenvalue weighted by atomic mass is 10.1. The number of ether oxygens (including phenoxy) is 1. The van der Waals surface area contributed by atoms with Crippen LogP contribution in [0.3, 0.4) is 0 Å². The zero-order chi connectivity index (χ0) is 15.2. The minimum absolute atomic E-state index is 0.217. The van der Waals surface area contributed by atoms with E-state index < -0.39 is 6.04 Å². The highest BCUT2D eigenvalue weighted by Crippen LogP contribution is 2.17. The van der Waals surface area contributed by atoms with Crippen LogP contribution in [0.1, 0.15) is 31.9 Å². The summed E-state index contributed by atoms with van der Waals surface area (Å²) in [7, 11) is 1.40. The Hall–Kier alpha value is -2.14. The van der Waals surface area contributed by atoms with Crippen LogP contribution in [0.25, 0.3) is 5.69 Å². The predicted molar refractivity (Wildman–Crippen MR) is 81.2 cm³/mol. The number of hydrogen-bond donors (Lipinski definition) is 1. The first-order valence-corrected chi connectivity index (χ1v) is 7.09. The van der Waals surface area contributed by atoms with Gasteiger partial charge in [0.2, 0.25) is 0 Å². The smallest absolute Gasteiger partial charge is 0.327 e. The molecule has 0 aliphatic heterocycles. The van der Waals surface area contributed by atoms with E-state index in [9.17, 15) is 4.79 Å². The van der Waals surface area contributed by atoms with Crippen LogP contribution in [0.4, 0.5) is 0 Å². The number of rotatable bonds is 6. The molecular weight excluding hydrogens is 266 g/mol. The Morgan fingerprint density at radius 1 is 1.38 bits per heavy atom. The molecule has 2 unspecified atom stereocenters. The molecule has 112 valence electrons. The number of para-hydroxylation sites is 1. The monoisotopic (exact) mass is 287 g/mol. The van der Waals surface area contributed by atoms with E-state index in [1.807, 2.05) is 43.5 Å². The Morgan fingerprint density at radius 3 is 2.71 bits per heavy atom. The van der Waals surface area contributed by atoms with Crippen molar-refractivity contribution in [2.75, 3.05) is 7.11 Å². The molecule has 5 nitrogen and oxygen atoms in total. The molecule has 0 radical (unpaired) electrons. The molecule has 1 aromatic carbocycles. The highest BCUT2D eigenvalue weighted by Gasteiger charge is 2.24. The largest absolute Gasteiger partial charge is 0.468 e. The third kappa shape index (κ3) is 3.70. The van der Waals surface area contributed by atoms with Gasteiger partial charge in [0, 0.05) is 17.8 Å². The SMILES string of the molecule is CCC(C)NC(C(=O)OC)c1cnn(-c2ccccc2)c1. The van der Waals surface area contributed by atoms with Crippen molar-refractivity contribution < 1.29 is 9.53 Å². The second-order valence-electron chi connectivity index (χ2n) is 4.99. The molecule has 2 rings (SSSR count). The van der Waals surface area contributed by atoms with Gasteiger partial charge in [-0.15, -0.1) is 0 Å². The summed E-state index contributed by atoms with van der Waals surface area (Å²) in [6.07, 6.45) is 4.48. The highest BCUT2D eigenvalue weighted by molar-refractivity contribution is 5.77. The third-order valence-electron chi connectivity index (χ3n) is 3.46. The first-order chi connectivity index (χ1) is 10.2. The number of esters is 1. The van der Waals surface area contributed by atoms with Crippen LogP contribution < -0.4 is 5.32 Å². The number of nitrogens with zero attached hydrogens (tertiary/aromatic N) is 2. The van der Waals surface area contributed by atoms with Crippen molar-refractivity contribution in [3.63, 3.8) is 0 Å². The molecule has 21 heavy (non-hydrogen) atoms. The van der Waals surface area contributed by atoms with Crippen molar-refractivity contribution >= 4 is 5.97 Å². The van der Waals surface area contributed by atoms with E-state index in [2.05, 4.69) is 17.3 Å². The Balaban J connectivity index is 2.25. The number of carbonyl (C=O) groups excluding carboxylic acids is 1. The molecule has 1 N–H and O–H groups in total. The van der Waals surface area contributed by atoms with Gasteiger partial charge in [-0.3, -0.25) is 5.32 Å². The van der Waals surface area contributed by atoms with Crippen LogP contribution >= 0.6 is 0 Å². The molecule has 0 fully saturated rings. The van der Waals surface area contributed by atoms with Crippen molar-refractivity contribution in [2.45, 2.75) is 32.4 Å². The van der Waals surface area contributed by atoms with Gasteiger partial charge in [-0.2, -0.15) is 5.10 Å². The fourth-order valence-electron chi connectivity index (χ4n) is 2.03. The number of methoxy groups -OCH3 is 1. The van der Waals surface area contributed by atoms with Crippen LogP contribution in [0.15, 0.2) is 42.7 Å². The number of hydrogen-bond acceptors (Lipinski definition) is 4. The highest BCUT2D eigenvalue weighted by atomic mass is 16.5. The van der Waals surface area contributed by atoms with Crippen molar-refractivity contribution in [1.29, 1.82) is 0 Å². The van der Waals surface area contributed by atoms with E-state index in [-0.39, 0.29) is 12.0 Å². The molecule has 0 saturated heterocycles. The minimum atomic E-state index is -0.498. The Labute approximate surface area is 124 Å². The Morgan fingerprint density at radius 2 is 2.10 bits per heavy atom. The van der Waals surface area contributed by atoms with E-state index in [4.69, 9.17) is 4.74 Å². The van der Waals surface area contributed by atoms with E-state index in [1.165, 1.54) is 7.11 Å². The fourth-order valence-corrected chi connectivity index (χ4v) is 2.03. The topological polar surface area (TPSA) is 56.1 Å². The summed E-state index contributed by atoms with van der Waals surface area (Å²) >= 11 is 0. The summed E-state index contributed by atoms with van der Waals surface area (Å²) < 4.78 is 6.64. The van der Waals surface area contributed by atoms with Crippen molar-refractivity contribution in [3.05, 3.63) is 48.3 Å². The number of nitrogens with one attached hydrogen (secondary N) is 1.